The standard InChI is InChI=1S/C19H15N3O3S2/c1-2-11-21-16-13-14(22(24)25)8-9-17(16)27-19(21)20-18(23)10-12-26-15-6-4-3-5-7-15/h1,3-9,13H,10-12H2. The maximum absolute atomic E-state index is 12.3. The molecule has 3 aromatic rings. The summed E-state index contributed by atoms with van der Waals surface area (Å²) >= 11 is 2.89. The van der Waals surface area contributed by atoms with Gasteiger partial charge < -0.3 is 4.57 Å². The van der Waals surface area contributed by atoms with Gasteiger partial charge in [-0.05, 0) is 18.2 Å². The van der Waals surface area contributed by atoms with E-state index in [1.807, 2.05) is 30.3 Å². The number of amides is 1. The molecule has 0 bridgehead atoms. The average Bonchev–Trinajstić information content (AvgIpc) is 2.99. The molecule has 136 valence electrons. The van der Waals surface area contributed by atoms with Gasteiger partial charge in [0.15, 0.2) is 4.80 Å². The fourth-order valence-electron chi connectivity index (χ4n) is 2.44. The zero-order valence-corrected chi connectivity index (χ0v) is 15.8. The summed E-state index contributed by atoms with van der Waals surface area (Å²) in [7, 11) is 0. The van der Waals surface area contributed by atoms with Gasteiger partial charge in [0.1, 0.15) is 0 Å². The van der Waals surface area contributed by atoms with Gasteiger partial charge in [0, 0.05) is 29.2 Å². The van der Waals surface area contributed by atoms with E-state index in [-0.39, 0.29) is 18.1 Å². The zero-order chi connectivity index (χ0) is 19.2. The molecule has 0 atom stereocenters. The topological polar surface area (TPSA) is 77.5 Å². The van der Waals surface area contributed by atoms with E-state index >= 15 is 0 Å². The molecule has 1 aromatic heterocycles. The summed E-state index contributed by atoms with van der Waals surface area (Å²) in [6.07, 6.45) is 5.72. The molecular formula is C19H15N3O3S2. The Hall–Kier alpha value is -2.89. The van der Waals surface area contributed by atoms with Gasteiger partial charge >= 0.3 is 0 Å². The smallest absolute Gasteiger partial charge is 0.271 e. The largest absolute Gasteiger partial charge is 0.304 e. The Morgan fingerprint density at radius 3 is 2.78 bits per heavy atom. The predicted molar refractivity (Wildman–Crippen MR) is 108 cm³/mol. The van der Waals surface area contributed by atoms with Crippen LogP contribution in [0.25, 0.3) is 10.2 Å². The lowest BCUT2D eigenvalue weighted by Gasteiger charge is -2.00. The van der Waals surface area contributed by atoms with E-state index in [1.165, 1.54) is 23.5 Å². The summed E-state index contributed by atoms with van der Waals surface area (Å²) in [5.74, 6) is 2.89. The minimum Gasteiger partial charge on any atom is -0.304 e. The highest BCUT2D eigenvalue weighted by Crippen LogP contribution is 2.23. The highest BCUT2D eigenvalue weighted by Gasteiger charge is 2.12. The van der Waals surface area contributed by atoms with Crippen molar-refractivity contribution in [3.05, 3.63) is 63.4 Å². The van der Waals surface area contributed by atoms with Crippen molar-refractivity contribution in [1.29, 1.82) is 0 Å². The van der Waals surface area contributed by atoms with Crippen molar-refractivity contribution in [2.45, 2.75) is 17.9 Å². The Balaban J connectivity index is 1.83. The predicted octanol–water partition coefficient (Wildman–Crippen LogP) is 3.85. The highest BCUT2D eigenvalue weighted by atomic mass is 32.2. The minimum absolute atomic E-state index is 0.0248. The van der Waals surface area contributed by atoms with Gasteiger partial charge in [-0.3, -0.25) is 14.9 Å². The van der Waals surface area contributed by atoms with Gasteiger partial charge in [-0.25, -0.2) is 0 Å². The van der Waals surface area contributed by atoms with Gasteiger partial charge in [-0.2, -0.15) is 4.99 Å². The van der Waals surface area contributed by atoms with Crippen molar-refractivity contribution >= 4 is 44.9 Å². The van der Waals surface area contributed by atoms with Crippen LogP contribution in [-0.2, 0) is 11.3 Å². The number of rotatable bonds is 6. The van der Waals surface area contributed by atoms with Gasteiger partial charge in [-0.1, -0.05) is 35.5 Å². The van der Waals surface area contributed by atoms with Crippen LogP contribution < -0.4 is 4.80 Å². The maximum atomic E-state index is 12.3. The maximum Gasteiger partial charge on any atom is 0.271 e. The van der Waals surface area contributed by atoms with Crippen molar-refractivity contribution in [1.82, 2.24) is 4.57 Å². The molecule has 0 radical (unpaired) electrons. The lowest BCUT2D eigenvalue weighted by molar-refractivity contribution is -0.384. The second-order valence-corrected chi connectivity index (χ2v) is 7.68. The van der Waals surface area contributed by atoms with Crippen molar-refractivity contribution in [3.8, 4) is 12.3 Å². The third-order valence-corrected chi connectivity index (χ3v) is 5.75. The molecule has 6 nitrogen and oxygen atoms in total. The molecule has 2 aromatic carbocycles. The number of hydrogen-bond acceptors (Lipinski definition) is 5. The van der Waals surface area contributed by atoms with Crippen molar-refractivity contribution < 1.29 is 9.72 Å². The van der Waals surface area contributed by atoms with Crippen LogP contribution in [-0.4, -0.2) is 21.2 Å². The van der Waals surface area contributed by atoms with Crippen molar-refractivity contribution in [3.63, 3.8) is 0 Å². The molecule has 0 spiro atoms. The summed E-state index contributed by atoms with van der Waals surface area (Å²) in [6, 6.07) is 14.4. The summed E-state index contributed by atoms with van der Waals surface area (Å²) in [4.78, 5) is 28.6. The van der Waals surface area contributed by atoms with Gasteiger partial charge in [0.25, 0.3) is 5.69 Å². The lowest BCUT2D eigenvalue weighted by atomic mass is 10.3. The number of thiazole rings is 1. The molecule has 0 fully saturated rings. The average molecular weight is 397 g/mol. The van der Waals surface area contributed by atoms with E-state index in [4.69, 9.17) is 6.42 Å². The van der Waals surface area contributed by atoms with E-state index in [2.05, 4.69) is 10.9 Å². The number of terminal acetylenes is 1. The molecule has 0 saturated heterocycles. The first-order chi connectivity index (χ1) is 13.1. The highest BCUT2D eigenvalue weighted by molar-refractivity contribution is 7.99. The van der Waals surface area contributed by atoms with Crippen molar-refractivity contribution in [2.24, 2.45) is 4.99 Å². The third-order valence-electron chi connectivity index (χ3n) is 3.67. The number of non-ortho nitro benzene ring substituents is 1. The molecule has 27 heavy (non-hydrogen) atoms. The molecule has 0 aliphatic heterocycles. The quantitative estimate of drug-likeness (QED) is 0.274. The first-order valence-corrected chi connectivity index (χ1v) is 9.85. The first kappa shape index (κ1) is 18.9. The number of aromatic nitrogens is 1. The molecule has 0 aliphatic rings. The number of thioether (sulfide) groups is 1. The lowest BCUT2D eigenvalue weighted by Crippen LogP contribution is -2.16. The summed E-state index contributed by atoms with van der Waals surface area (Å²) in [5, 5.41) is 11.0. The fourth-order valence-corrected chi connectivity index (χ4v) is 4.32. The molecule has 3 rings (SSSR count). The minimum atomic E-state index is -0.458. The molecule has 8 heteroatoms. The van der Waals surface area contributed by atoms with Crippen molar-refractivity contribution in [2.75, 3.05) is 5.75 Å². The number of hydrogen-bond donors (Lipinski definition) is 0. The van der Waals surface area contributed by atoms with Crippen LogP contribution in [0.2, 0.25) is 0 Å². The Morgan fingerprint density at radius 1 is 1.30 bits per heavy atom. The van der Waals surface area contributed by atoms with E-state index in [1.54, 1.807) is 22.4 Å². The Bertz CT molecular complexity index is 1090. The summed E-state index contributed by atoms with van der Waals surface area (Å²) in [5.41, 5.74) is 0.584. The molecular weight excluding hydrogens is 382 g/mol. The van der Waals surface area contributed by atoms with E-state index in [9.17, 15) is 14.9 Å². The number of benzene rings is 2. The SMILES string of the molecule is C#CCn1c(=NC(=O)CCSc2ccccc2)sc2ccc([N+](=O)[O-])cc21. The fraction of sp³-hybridized carbons (Fsp3) is 0.158. The summed E-state index contributed by atoms with van der Waals surface area (Å²) < 4.78 is 2.45. The zero-order valence-electron chi connectivity index (χ0n) is 14.2. The van der Waals surface area contributed by atoms with Crippen LogP contribution in [0.1, 0.15) is 6.42 Å². The Labute approximate surface area is 163 Å². The van der Waals surface area contributed by atoms with E-state index < -0.39 is 4.92 Å². The second kappa shape index (κ2) is 8.66. The first-order valence-electron chi connectivity index (χ1n) is 8.05. The normalized spacial score (nSPS) is 11.4. The number of nitro benzene ring substituents is 1. The number of carbonyl (C=O) groups is 1. The second-order valence-electron chi connectivity index (χ2n) is 5.50. The van der Waals surface area contributed by atoms with Gasteiger partial charge in [0.05, 0.1) is 21.7 Å². The molecule has 0 saturated carbocycles. The van der Waals surface area contributed by atoms with Crippen LogP contribution in [0.3, 0.4) is 0 Å². The van der Waals surface area contributed by atoms with Crippen LogP contribution in [0.4, 0.5) is 5.69 Å². The monoisotopic (exact) mass is 397 g/mol. The van der Waals surface area contributed by atoms with E-state index in [0.29, 0.717) is 22.5 Å². The van der Waals surface area contributed by atoms with Crippen LogP contribution in [0, 0.1) is 22.5 Å². The molecule has 1 amide bonds. The Morgan fingerprint density at radius 2 is 2.07 bits per heavy atom. The number of nitrogens with zero attached hydrogens (tertiary/aromatic N) is 3. The number of carbonyl (C=O) groups excluding carboxylic acids is 1. The molecule has 0 unspecified atom stereocenters. The number of nitro groups is 1. The van der Waals surface area contributed by atoms with Gasteiger partial charge in [0.2, 0.25) is 5.91 Å². The van der Waals surface area contributed by atoms with Crippen LogP contribution in [0.5, 0.6) is 0 Å². The molecule has 1 heterocycles. The molecule has 0 aliphatic carbocycles. The van der Waals surface area contributed by atoms with E-state index in [0.717, 1.165) is 9.60 Å². The van der Waals surface area contributed by atoms with Gasteiger partial charge in [-0.15, -0.1) is 18.2 Å². The number of fused-ring (bicyclic) bond motifs is 1. The molecule has 0 N–H and O–H groups in total. The summed E-state index contributed by atoms with van der Waals surface area (Å²) in [6.45, 7) is 0.187. The van der Waals surface area contributed by atoms with Crippen LogP contribution in [0.15, 0.2) is 58.4 Å². The van der Waals surface area contributed by atoms with Crippen LogP contribution >= 0.6 is 23.1 Å². The Kier molecular flexibility index (Phi) is 6.06. The third kappa shape index (κ3) is 4.64.